The van der Waals surface area contributed by atoms with Crippen LogP contribution in [-0.2, 0) is 19.6 Å². The number of esters is 1. The van der Waals surface area contributed by atoms with E-state index in [1.165, 1.54) is 37.4 Å². The van der Waals surface area contributed by atoms with Crippen LogP contribution in [0, 0.1) is 20.8 Å². The predicted molar refractivity (Wildman–Crippen MR) is 141 cm³/mol. The molecule has 12 heteroatoms. The summed E-state index contributed by atoms with van der Waals surface area (Å²) in [4.78, 5) is 40.6. The largest absolute Gasteiger partial charge is 0.449 e. The van der Waals surface area contributed by atoms with Crippen LogP contribution in [0.3, 0.4) is 0 Å². The van der Waals surface area contributed by atoms with Crippen LogP contribution in [0.15, 0.2) is 65.7 Å². The molecular formula is C26H26N6O5S. The Balaban J connectivity index is 1.34. The molecule has 196 valence electrons. The Morgan fingerprint density at radius 1 is 0.947 bits per heavy atom. The van der Waals surface area contributed by atoms with E-state index >= 15 is 0 Å². The van der Waals surface area contributed by atoms with Crippen molar-refractivity contribution >= 4 is 33.5 Å². The molecule has 0 aliphatic heterocycles. The normalized spacial score (nSPS) is 12.0. The molecule has 1 amide bonds. The number of aryl methyl sites for hydroxylation is 3. The maximum atomic E-state index is 12.6. The van der Waals surface area contributed by atoms with Crippen LogP contribution in [0.5, 0.6) is 0 Å². The minimum absolute atomic E-state index is 0.0385. The van der Waals surface area contributed by atoms with E-state index in [9.17, 15) is 18.0 Å². The Morgan fingerprint density at radius 3 is 2.24 bits per heavy atom. The molecule has 1 atom stereocenters. The number of ether oxygens (including phenoxy) is 1. The van der Waals surface area contributed by atoms with Crippen LogP contribution in [0.25, 0.3) is 11.4 Å². The van der Waals surface area contributed by atoms with Crippen LogP contribution >= 0.6 is 0 Å². The first-order chi connectivity index (χ1) is 18.0. The summed E-state index contributed by atoms with van der Waals surface area (Å²) in [6.07, 6.45) is 0.353. The summed E-state index contributed by atoms with van der Waals surface area (Å²) in [7, 11) is -3.92. The Bertz CT molecular complexity index is 1560. The second kappa shape index (κ2) is 10.8. The van der Waals surface area contributed by atoms with Crippen molar-refractivity contribution < 1.29 is 22.7 Å². The van der Waals surface area contributed by atoms with Crippen molar-refractivity contribution in [3.8, 4) is 11.4 Å². The van der Waals surface area contributed by atoms with E-state index in [1.54, 1.807) is 37.3 Å². The van der Waals surface area contributed by atoms with Crippen molar-refractivity contribution in [2.24, 2.45) is 0 Å². The first-order valence-corrected chi connectivity index (χ1v) is 13.1. The van der Waals surface area contributed by atoms with Gasteiger partial charge in [0, 0.05) is 28.8 Å². The first kappa shape index (κ1) is 26.5. The molecule has 0 spiro atoms. The quantitative estimate of drug-likeness (QED) is 0.288. The van der Waals surface area contributed by atoms with Gasteiger partial charge in [0.1, 0.15) is 5.82 Å². The number of hydrogen-bond donors (Lipinski definition) is 3. The molecule has 4 aromatic rings. The lowest BCUT2D eigenvalue weighted by molar-refractivity contribution is -0.123. The minimum Gasteiger partial charge on any atom is -0.449 e. The van der Waals surface area contributed by atoms with Crippen LogP contribution < -0.4 is 10.0 Å². The number of benzene rings is 2. The molecule has 2 aromatic heterocycles. The molecular weight excluding hydrogens is 508 g/mol. The van der Waals surface area contributed by atoms with Crippen molar-refractivity contribution in [2.75, 3.05) is 10.0 Å². The number of imidazole rings is 1. The molecule has 0 radical (unpaired) electrons. The molecule has 4 rings (SSSR count). The average molecular weight is 535 g/mol. The number of sulfonamides is 1. The third-order valence-electron chi connectivity index (χ3n) is 5.63. The SMILES string of the molecule is Cc1ccnc(NS(=O)(=O)c2ccc(NC(=O)C(C)OC(=O)c3ccc(-c4nc(C)c(C)[nH]4)cc3)cc2)n1. The summed E-state index contributed by atoms with van der Waals surface area (Å²) >= 11 is 0. The maximum absolute atomic E-state index is 12.6. The summed E-state index contributed by atoms with van der Waals surface area (Å²) in [6, 6.07) is 13.8. The topological polar surface area (TPSA) is 156 Å². The van der Waals surface area contributed by atoms with E-state index in [4.69, 9.17) is 4.74 Å². The van der Waals surface area contributed by atoms with Gasteiger partial charge < -0.3 is 15.0 Å². The molecule has 3 N–H and O–H groups in total. The number of carbonyl (C=O) groups is 2. The van der Waals surface area contributed by atoms with Gasteiger partial charge in [-0.25, -0.2) is 32.9 Å². The van der Waals surface area contributed by atoms with E-state index in [1.807, 2.05) is 13.8 Å². The van der Waals surface area contributed by atoms with E-state index in [-0.39, 0.29) is 16.4 Å². The van der Waals surface area contributed by atoms with Gasteiger partial charge in [-0.2, -0.15) is 0 Å². The highest BCUT2D eigenvalue weighted by Crippen LogP contribution is 2.20. The number of anilines is 2. The van der Waals surface area contributed by atoms with Crippen LogP contribution in [0.4, 0.5) is 11.6 Å². The fourth-order valence-corrected chi connectivity index (χ4v) is 4.32. The van der Waals surface area contributed by atoms with Crippen LogP contribution in [-0.4, -0.2) is 46.3 Å². The minimum atomic E-state index is -3.92. The molecule has 2 heterocycles. The van der Waals surface area contributed by atoms with Gasteiger partial charge in [-0.3, -0.25) is 4.79 Å². The van der Waals surface area contributed by atoms with Crippen molar-refractivity contribution in [1.82, 2.24) is 19.9 Å². The number of nitrogens with zero attached hydrogens (tertiary/aromatic N) is 3. The van der Waals surface area contributed by atoms with Crippen LogP contribution in [0.2, 0.25) is 0 Å². The second-order valence-corrected chi connectivity index (χ2v) is 10.2. The fraction of sp³-hybridized carbons (Fsp3) is 0.192. The van der Waals surface area contributed by atoms with Crippen LogP contribution in [0.1, 0.15) is 34.4 Å². The van der Waals surface area contributed by atoms with E-state index in [0.29, 0.717) is 17.2 Å². The molecule has 0 saturated carbocycles. The smallest absolute Gasteiger partial charge is 0.338 e. The van der Waals surface area contributed by atoms with Gasteiger partial charge in [-0.15, -0.1) is 0 Å². The van der Waals surface area contributed by atoms with Gasteiger partial charge in [-0.05, 0) is 70.2 Å². The summed E-state index contributed by atoms with van der Waals surface area (Å²) in [5.41, 5.74) is 3.91. The lowest BCUT2D eigenvalue weighted by Crippen LogP contribution is -2.30. The van der Waals surface area contributed by atoms with Crippen molar-refractivity contribution in [3.05, 3.63) is 83.4 Å². The fourth-order valence-electron chi connectivity index (χ4n) is 3.37. The molecule has 0 aliphatic rings. The van der Waals surface area contributed by atoms with Crippen molar-refractivity contribution in [2.45, 2.75) is 38.7 Å². The molecule has 0 bridgehead atoms. The summed E-state index contributed by atoms with van der Waals surface area (Å²) in [5, 5.41) is 2.60. The molecule has 38 heavy (non-hydrogen) atoms. The van der Waals surface area contributed by atoms with E-state index < -0.39 is 28.0 Å². The Kier molecular flexibility index (Phi) is 7.53. The summed E-state index contributed by atoms with van der Waals surface area (Å²) in [6.45, 7) is 7.00. The third-order valence-corrected chi connectivity index (χ3v) is 6.97. The molecule has 2 aromatic carbocycles. The number of nitrogens with one attached hydrogen (secondary N) is 3. The number of carbonyl (C=O) groups excluding carboxylic acids is 2. The Hall–Kier alpha value is -4.58. The lowest BCUT2D eigenvalue weighted by atomic mass is 10.1. The Morgan fingerprint density at radius 2 is 1.63 bits per heavy atom. The maximum Gasteiger partial charge on any atom is 0.338 e. The van der Waals surface area contributed by atoms with Gasteiger partial charge in [0.05, 0.1) is 16.2 Å². The number of rotatable bonds is 8. The third kappa shape index (κ3) is 6.21. The van der Waals surface area contributed by atoms with Crippen molar-refractivity contribution in [1.29, 1.82) is 0 Å². The van der Waals surface area contributed by atoms with Gasteiger partial charge in [0.25, 0.3) is 15.9 Å². The van der Waals surface area contributed by atoms with Gasteiger partial charge in [0.15, 0.2) is 6.10 Å². The van der Waals surface area contributed by atoms with E-state index in [0.717, 1.165) is 17.0 Å². The highest BCUT2D eigenvalue weighted by molar-refractivity contribution is 7.92. The van der Waals surface area contributed by atoms with Crippen molar-refractivity contribution in [3.63, 3.8) is 0 Å². The predicted octanol–water partition coefficient (Wildman–Crippen LogP) is 3.78. The number of aromatic nitrogens is 4. The molecule has 1 unspecified atom stereocenters. The average Bonchev–Trinajstić information content (AvgIpc) is 3.22. The zero-order valence-corrected chi connectivity index (χ0v) is 22.0. The van der Waals surface area contributed by atoms with E-state index in [2.05, 4.69) is 30.0 Å². The highest BCUT2D eigenvalue weighted by Gasteiger charge is 2.20. The summed E-state index contributed by atoms with van der Waals surface area (Å²) in [5.74, 6) is -0.570. The molecule has 0 saturated heterocycles. The summed E-state index contributed by atoms with van der Waals surface area (Å²) < 4.78 is 32.8. The number of aromatic amines is 1. The van der Waals surface area contributed by atoms with Gasteiger partial charge in [-0.1, -0.05) is 12.1 Å². The standard InChI is InChI=1S/C26H26N6O5S/c1-15-13-14-27-26(28-15)32-38(35,36)22-11-9-21(10-12-22)31-24(33)18(4)37-25(34)20-7-5-19(6-8-20)23-29-16(2)17(3)30-23/h5-14,18H,1-4H3,(H,29,30)(H,31,33)(H,27,28,32). The lowest BCUT2D eigenvalue weighted by Gasteiger charge is -2.14. The number of hydrogen-bond acceptors (Lipinski definition) is 8. The van der Waals surface area contributed by atoms with Gasteiger partial charge in [0.2, 0.25) is 5.95 Å². The second-order valence-electron chi connectivity index (χ2n) is 8.56. The zero-order valence-electron chi connectivity index (χ0n) is 21.1. The number of H-pyrrole nitrogens is 1. The Labute approximate surface area is 219 Å². The number of amides is 1. The monoisotopic (exact) mass is 534 g/mol. The first-order valence-electron chi connectivity index (χ1n) is 11.6. The molecule has 11 nitrogen and oxygen atoms in total. The van der Waals surface area contributed by atoms with Gasteiger partial charge >= 0.3 is 5.97 Å². The molecule has 0 fully saturated rings. The molecule has 0 aliphatic carbocycles. The zero-order chi connectivity index (χ0) is 27.4. The highest BCUT2D eigenvalue weighted by atomic mass is 32.2.